The van der Waals surface area contributed by atoms with Crippen molar-refractivity contribution in [1.29, 1.82) is 0 Å². The van der Waals surface area contributed by atoms with Crippen molar-refractivity contribution in [3.8, 4) is 0 Å². The normalized spacial score (nSPS) is 25.8. The first-order valence-electron chi connectivity index (χ1n) is 4.91. The summed E-state index contributed by atoms with van der Waals surface area (Å²) in [5.41, 5.74) is 0.247. The Morgan fingerprint density at radius 3 is 2.67 bits per heavy atom. The fourth-order valence-corrected chi connectivity index (χ4v) is 1.42. The van der Waals surface area contributed by atoms with E-state index in [1.165, 1.54) is 12.8 Å². The van der Waals surface area contributed by atoms with Crippen LogP contribution >= 0.6 is 0 Å². The lowest BCUT2D eigenvalue weighted by molar-refractivity contribution is 0.0526. The summed E-state index contributed by atoms with van der Waals surface area (Å²) in [6.07, 6.45) is 2.56. The fourth-order valence-electron chi connectivity index (χ4n) is 1.42. The van der Waals surface area contributed by atoms with Crippen LogP contribution in [-0.2, 0) is 4.74 Å². The van der Waals surface area contributed by atoms with Gasteiger partial charge in [-0.3, -0.25) is 0 Å². The van der Waals surface area contributed by atoms with Gasteiger partial charge in [0.15, 0.2) is 0 Å². The first-order valence-corrected chi connectivity index (χ1v) is 4.91. The zero-order valence-corrected chi connectivity index (χ0v) is 8.52. The van der Waals surface area contributed by atoms with E-state index >= 15 is 0 Å². The Kier molecular flexibility index (Phi) is 3.53. The lowest BCUT2D eigenvalue weighted by Crippen LogP contribution is -2.40. The van der Waals surface area contributed by atoms with Gasteiger partial charge in [-0.15, -0.1) is 0 Å². The van der Waals surface area contributed by atoms with Crippen LogP contribution in [0.2, 0.25) is 0 Å². The van der Waals surface area contributed by atoms with E-state index in [2.05, 4.69) is 26.1 Å². The Morgan fingerprint density at radius 2 is 2.17 bits per heavy atom. The Hall–Kier alpha value is -0.0800. The zero-order chi connectivity index (χ0) is 9.03. The third-order valence-electron chi connectivity index (χ3n) is 2.18. The molecule has 1 atom stereocenters. The second-order valence-corrected chi connectivity index (χ2v) is 4.71. The van der Waals surface area contributed by atoms with Gasteiger partial charge in [0, 0.05) is 18.7 Å². The van der Waals surface area contributed by atoms with Gasteiger partial charge in [0.05, 0.1) is 6.61 Å². The summed E-state index contributed by atoms with van der Waals surface area (Å²) in [6, 6.07) is 0. The SMILES string of the molecule is CC(C)(C)NCC1CCCOC1. The Morgan fingerprint density at radius 1 is 1.42 bits per heavy atom. The van der Waals surface area contributed by atoms with E-state index in [4.69, 9.17) is 4.74 Å². The maximum absolute atomic E-state index is 5.41. The molecule has 12 heavy (non-hydrogen) atoms. The summed E-state index contributed by atoms with van der Waals surface area (Å²) in [5, 5.41) is 3.51. The van der Waals surface area contributed by atoms with Crippen molar-refractivity contribution in [2.24, 2.45) is 5.92 Å². The smallest absolute Gasteiger partial charge is 0.0506 e. The van der Waals surface area contributed by atoms with Crippen LogP contribution in [-0.4, -0.2) is 25.3 Å². The lowest BCUT2D eigenvalue weighted by atomic mass is 10.0. The molecule has 1 heterocycles. The van der Waals surface area contributed by atoms with Gasteiger partial charge in [-0.25, -0.2) is 0 Å². The molecule has 0 bridgehead atoms. The van der Waals surface area contributed by atoms with Crippen molar-refractivity contribution in [3.05, 3.63) is 0 Å². The summed E-state index contributed by atoms with van der Waals surface area (Å²) in [4.78, 5) is 0. The molecular formula is C10H21NO. The van der Waals surface area contributed by atoms with Gasteiger partial charge in [-0.2, -0.15) is 0 Å². The number of hydrogen-bond acceptors (Lipinski definition) is 2. The van der Waals surface area contributed by atoms with E-state index in [0.717, 1.165) is 25.7 Å². The molecule has 1 N–H and O–H groups in total. The molecule has 0 aromatic carbocycles. The van der Waals surface area contributed by atoms with Gasteiger partial charge in [0.1, 0.15) is 0 Å². The van der Waals surface area contributed by atoms with Crippen LogP contribution in [0.4, 0.5) is 0 Å². The molecule has 1 unspecified atom stereocenters. The van der Waals surface area contributed by atoms with E-state index in [1.54, 1.807) is 0 Å². The zero-order valence-electron chi connectivity index (χ0n) is 8.52. The van der Waals surface area contributed by atoms with Crippen molar-refractivity contribution in [2.45, 2.75) is 39.2 Å². The molecule has 0 amide bonds. The number of hydrogen-bond donors (Lipinski definition) is 1. The van der Waals surface area contributed by atoms with Crippen molar-refractivity contribution >= 4 is 0 Å². The van der Waals surface area contributed by atoms with E-state index < -0.39 is 0 Å². The molecule has 0 saturated carbocycles. The van der Waals surface area contributed by atoms with Crippen molar-refractivity contribution < 1.29 is 4.74 Å². The molecule has 2 nitrogen and oxygen atoms in total. The summed E-state index contributed by atoms with van der Waals surface area (Å²) in [7, 11) is 0. The predicted molar refractivity (Wildman–Crippen MR) is 51.3 cm³/mol. The van der Waals surface area contributed by atoms with Crippen LogP contribution in [0.15, 0.2) is 0 Å². The molecule has 1 saturated heterocycles. The molecule has 0 aliphatic carbocycles. The molecular weight excluding hydrogens is 150 g/mol. The third kappa shape index (κ3) is 4.07. The van der Waals surface area contributed by atoms with Crippen LogP contribution < -0.4 is 5.32 Å². The molecule has 0 radical (unpaired) electrons. The molecule has 0 aromatic heterocycles. The third-order valence-corrected chi connectivity index (χ3v) is 2.18. The minimum absolute atomic E-state index is 0.247. The van der Waals surface area contributed by atoms with Crippen molar-refractivity contribution in [3.63, 3.8) is 0 Å². The maximum atomic E-state index is 5.41. The molecule has 2 heteroatoms. The van der Waals surface area contributed by atoms with Gasteiger partial charge in [-0.1, -0.05) is 0 Å². The first kappa shape index (κ1) is 10.0. The molecule has 0 spiro atoms. The largest absolute Gasteiger partial charge is 0.381 e. The number of rotatable bonds is 2. The average molecular weight is 171 g/mol. The second kappa shape index (κ2) is 4.24. The van der Waals surface area contributed by atoms with Crippen LogP contribution in [0.25, 0.3) is 0 Å². The molecule has 1 fully saturated rings. The van der Waals surface area contributed by atoms with Crippen LogP contribution in [0.3, 0.4) is 0 Å². The predicted octanol–water partition coefficient (Wildman–Crippen LogP) is 1.80. The van der Waals surface area contributed by atoms with Crippen LogP contribution in [0.5, 0.6) is 0 Å². The van der Waals surface area contributed by atoms with Crippen molar-refractivity contribution in [2.75, 3.05) is 19.8 Å². The topological polar surface area (TPSA) is 21.3 Å². The first-order chi connectivity index (χ1) is 5.58. The van der Waals surface area contributed by atoms with Gasteiger partial charge in [0.25, 0.3) is 0 Å². The summed E-state index contributed by atoms with van der Waals surface area (Å²) in [5.74, 6) is 0.734. The summed E-state index contributed by atoms with van der Waals surface area (Å²) < 4.78 is 5.41. The van der Waals surface area contributed by atoms with Gasteiger partial charge >= 0.3 is 0 Å². The quantitative estimate of drug-likeness (QED) is 0.684. The molecule has 0 aromatic rings. The van der Waals surface area contributed by atoms with Crippen LogP contribution in [0, 0.1) is 5.92 Å². The number of ether oxygens (including phenoxy) is 1. The highest BCUT2D eigenvalue weighted by molar-refractivity contribution is 4.74. The molecule has 1 aliphatic heterocycles. The summed E-state index contributed by atoms with van der Waals surface area (Å²) >= 11 is 0. The van der Waals surface area contributed by atoms with Gasteiger partial charge in [-0.05, 0) is 39.5 Å². The molecule has 1 rings (SSSR count). The highest BCUT2D eigenvalue weighted by Crippen LogP contribution is 2.13. The fraction of sp³-hybridized carbons (Fsp3) is 1.00. The molecule has 72 valence electrons. The van der Waals surface area contributed by atoms with Crippen LogP contribution in [0.1, 0.15) is 33.6 Å². The Bertz CT molecular complexity index is 122. The minimum atomic E-state index is 0.247. The second-order valence-electron chi connectivity index (χ2n) is 4.71. The van der Waals surface area contributed by atoms with Crippen molar-refractivity contribution in [1.82, 2.24) is 5.32 Å². The Labute approximate surface area is 75.7 Å². The highest BCUT2D eigenvalue weighted by Gasteiger charge is 2.16. The monoisotopic (exact) mass is 171 g/mol. The van der Waals surface area contributed by atoms with Gasteiger partial charge in [0.2, 0.25) is 0 Å². The van der Waals surface area contributed by atoms with E-state index in [-0.39, 0.29) is 5.54 Å². The standard InChI is InChI=1S/C10H21NO/c1-10(2,3)11-7-9-5-4-6-12-8-9/h9,11H,4-8H2,1-3H3. The lowest BCUT2D eigenvalue weighted by Gasteiger charge is -2.27. The average Bonchev–Trinajstić information content (AvgIpc) is 2.02. The minimum Gasteiger partial charge on any atom is -0.381 e. The molecule has 1 aliphatic rings. The maximum Gasteiger partial charge on any atom is 0.0506 e. The highest BCUT2D eigenvalue weighted by atomic mass is 16.5. The van der Waals surface area contributed by atoms with E-state index in [0.29, 0.717) is 0 Å². The van der Waals surface area contributed by atoms with E-state index in [1.807, 2.05) is 0 Å². The van der Waals surface area contributed by atoms with Gasteiger partial charge < -0.3 is 10.1 Å². The van der Waals surface area contributed by atoms with E-state index in [9.17, 15) is 0 Å². The summed E-state index contributed by atoms with van der Waals surface area (Å²) in [6.45, 7) is 9.63. The Balaban J connectivity index is 2.13. The number of nitrogens with one attached hydrogen (secondary N) is 1.